The van der Waals surface area contributed by atoms with Crippen molar-refractivity contribution in [1.29, 1.82) is 0 Å². The van der Waals surface area contributed by atoms with E-state index in [1.165, 1.54) is 17.7 Å². The minimum atomic E-state index is -0.791. The zero-order valence-corrected chi connectivity index (χ0v) is 34.3. The number of nitrogens with zero attached hydrogens (tertiary/aromatic N) is 2. The Balaban J connectivity index is 1.25. The van der Waals surface area contributed by atoms with Crippen LogP contribution in [0.1, 0.15) is 109 Å². The molecule has 0 radical (unpaired) electrons. The number of carbonyl (C=O) groups is 3. The van der Waals surface area contributed by atoms with Crippen LogP contribution in [0.2, 0.25) is 0 Å². The lowest BCUT2D eigenvalue weighted by atomic mass is 9.79. The van der Waals surface area contributed by atoms with Gasteiger partial charge in [0, 0.05) is 65.6 Å². The molecule has 1 aliphatic carbocycles. The van der Waals surface area contributed by atoms with E-state index >= 15 is 0 Å². The maximum absolute atomic E-state index is 13.8. The van der Waals surface area contributed by atoms with Gasteiger partial charge in [0.05, 0.1) is 5.41 Å². The number of halogens is 1. The summed E-state index contributed by atoms with van der Waals surface area (Å²) in [6.45, 7) is 9.78. The van der Waals surface area contributed by atoms with Crippen molar-refractivity contribution < 1.29 is 34.5 Å². The van der Waals surface area contributed by atoms with Gasteiger partial charge in [-0.1, -0.05) is 86.8 Å². The van der Waals surface area contributed by atoms with Crippen molar-refractivity contribution in [3.05, 3.63) is 118 Å². The van der Waals surface area contributed by atoms with Gasteiger partial charge in [0.15, 0.2) is 5.78 Å². The van der Waals surface area contributed by atoms with E-state index in [-0.39, 0.29) is 35.8 Å². The number of carboxylic acids is 1. The maximum atomic E-state index is 13.8. The number of aromatic nitrogens is 1. The molecule has 1 aliphatic heterocycles. The molecule has 10 nitrogen and oxygen atoms in total. The lowest BCUT2D eigenvalue weighted by Crippen LogP contribution is -2.28. The number of para-hydroxylation sites is 2. The Morgan fingerprint density at radius 2 is 1.56 bits per heavy atom. The minimum absolute atomic E-state index is 0.0223. The van der Waals surface area contributed by atoms with Gasteiger partial charge in [-0.25, -0.2) is 4.79 Å². The standard InChI is InChI=1S/C46H56ClN3O7/c1-45(2)35-19-10-12-21-37(35)49(31-14-6-8-23-43(56)57-50-40(52)28-29-41(50)53)38(45)26-24-32-16-15-17-33(44(32)47)25-27-39(51)46(3,4)34-18-9-11-20-36(34)48-30-13-5-7-22-42(54)55/h9-12,18-21,24-29,48,52-53H,5-8,13-17,22-23,30-31H2,1-4H3,(H,54,55). The Kier molecular flexibility index (Phi) is 14.5. The van der Waals surface area contributed by atoms with Crippen LogP contribution >= 0.6 is 11.6 Å². The Morgan fingerprint density at radius 3 is 2.32 bits per heavy atom. The fraction of sp³-hybridized carbons (Fsp3) is 0.413. The number of carboxylic acid groups (broad SMARTS) is 1. The summed E-state index contributed by atoms with van der Waals surface area (Å²) in [6, 6.07) is 18.8. The second-order valence-electron chi connectivity index (χ2n) is 15.8. The number of nitrogens with one attached hydrogen (secondary N) is 1. The van der Waals surface area contributed by atoms with Crippen molar-refractivity contribution in [2.75, 3.05) is 23.3 Å². The van der Waals surface area contributed by atoms with E-state index in [0.29, 0.717) is 29.1 Å². The van der Waals surface area contributed by atoms with E-state index in [1.54, 1.807) is 6.08 Å². The summed E-state index contributed by atoms with van der Waals surface area (Å²) in [4.78, 5) is 44.4. The molecule has 0 bridgehead atoms. The molecule has 4 N–H and O–H groups in total. The lowest BCUT2D eigenvalue weighted by Gasteiger charge is -2.27. The van der Waals surface area contributed by atoms with E-state index < -0.39 is 17.4 Å². The number of unbranched alkanes of at least 4 members (excludes halogenated alkanes) is 4. The van der Waals surface area contributed by atoms with Crippen molar-refractivity contribution >= 4 is 40.7 Å². The van der Waals surface area contributed by atoms with Crippen LogP contribution in [0.5, 0.6) is 11.8 Å². The molecule has 0 saturated carbocycles. The molecule has 0 fully saturated rings. The summed E-state index contributed by atoms with van der Waals surface area (Å²) in [5.74, 6) is -2.02. The molecule has 0 spiro atoms. The molecule has 57 heavy (non-hydrogen) atoms. The van der Waals surface area contributed by atoms with Gasteiger partial charge in [-0.15, -0.1) is 4.73 Å². The molecule has 1 aromatic heterocycles. The van der Waals surface area contributed by atoms with Crippen LogP contribution in [0.15, 0.2) is 107 Å². The van der Waals surface area contributed by atoms with Gasteiger partial charge in [-0.05, 0) is 105 Å². The molecule has 2 aliphatic rings. The predicted molar refractivity (Wildman–Crippen MR) is 226 cm³/mol. The summed E-state index contributed by atoms with van der Waals surface area (Å²) < 4.78 is 0.712. The van der Waals surface area contributed by atoms with E-state index in [0.717, 1.165) is 85.3 Å². The number of anilines is 2. The van der Waals surface area contributed by atoms with Crippen LogP contribution in [0.4, 0.5) is 11.4 Å². The Morgan fingerprint density at radius 1 is 0.877 bits per heavy atom. The van der Waals surface area contributed by atoms with Crippen molar-refractivity contribution in [2.45, 2.75) is 109 Å². The van der Waals surface area contributed by atoms with Crippen LogP contribution in [0.3, 0.4) is 0 Å². The summed E-state index contributed by atoms with van der Waals surface area (Å²) >= 11 is 7.08. The van der Waals surface area contributed by atoms with Crippen molar-refractivity contribution in [2.24, 2.45) is 0 Å². The number of aromatic hydroxyl groups is 2. The first-order chi connectivity index (χ1) is 27.2. The summed E-state index contributed by atoms with van der Waals surface area (Å²) in [7, 11) is 0. The highest BCUT2D eigenvalue weighted by Crippen LogP contribution is 2.48. The van der Waals surface area contributed by atoms with Gasteiger partial charge in [0.1, 0.15) is 0 Å². The number of hydrogen-bond acceptors (Lipinski definition) is 8. The first-order valence-corrected chi connectivity index (χ1v) is 20.4. The third-order valence-corrected chi connectivity index (χ3v) is 11.5. The largest absolute Gasteiger partial charge is 0.492 e. The highest BCUT2D eigenvalue weighted by molar-refractivity contribution is 6.32. The van der Waals surface area contributed by atoms with Gasteiger partial charge in [-0.2, -0.15) is 0 Å². The summed E-state index contributed by atoms with van der Waals surface area (Å²) in [5, 5.41) is 32.5. The average molecular weight is 798 g/mol. The van der Waals surface area contributed by atoms with E-state index in [1.807, 2.05) is 44.2 Å². The molecule has 0 atom stereocenters. The second kappa shape index (κ2) is 19.3. The number of carbonyl (C=O) groups excluding carboxylic acids is 2. The quantitative estimate of drug-likeness (QED) is 0.0689. The van der Waals surface area contributed by atoms with E-state index in [4.69, 9.17) is 21.5 Å². The van der Waals surface area contributed by atoms with Crippen LogP contribution in [0, 0.1) is 0 Å². The van der Waals surface area contributed by atoms with Gasteiger partial charge < -0.3 is 30.4 Å². The number of rotatable bonds is 19. The smallest absolute Gasteiger partial charge is 0.333 e. The SMILES string of the molecule is CC(C)(C(=O)C=CC1=C(Cl)C(=CC=C2N(CCCCCC(=O)On3c(O)ccc3O)c3ccccc3C2(C)C)CCC1)c1ccccc1NCCCCCC(=O)O. The van der Waals surface area contributed by atoms with Crippen LogP contribution in [-0.4, -0.2) is 50.9 Å². The summed E-state index contributed by atoms with van der Waals surface area (Å²) in [6.07, 6.45) is 15.2. The first kappa shape index (κ1) is 42.9. The number of benzene rings is 2. The fourth-order valence-corrected chi connectivity index (χ4v) is 7.94. The zero-order valence-electron chi connectivity index (χ0n) is 33.5. The van der Waals surface area contributed by atoms with Crippen LogP contribution < -0.4 is 15.1 Å². The molecule has 0 amide bonds. The predicted octanol–water partition coefficient (Wildman–Crippen LogP) is 9.86. The molecule has 3 aromatic rings. The molecular formula is C46H56ClN3O7. The Hall–Kier alpha value is -5.22. The molecule has 2 aromatic carbocycles. The van der Waals surface area contributed by atoms with Crippen molar-refractivity contribution in [3.63, 3.8) is 0 Å². The number of aliphatic carboxylic acids is 1. The van der Waals surface area contributed by atoms with E-state index in [2.05, 4.69) is 60.5 Å². The monoisotopic (exact) mass is 797 g/mol. The van der Waals surface area contributed by atoms with Crippen LogP contribution in [0.25, 0.3) is 0 Å². The Labute approximate surface area is 341 Å². The number of allylic oxidation sites excluding steroid dienone is 8. The molecule has 0 saturated heterocycles. The maximum Gasteiger partial charge on any atom is 0.333 e. The highest BCUT2D eigenvalue weighted by atomic mass is 35.5. The third-order valence-electron chi connectivity index (χ3n) is 11.0. The van der Waals surface area contributed by atoms with Crippen molar-refractivity contribution in [3.8, 4) is 11.8 Å². The fourth-order valence-electron chi connectivity index (χ4n) is 7.63. The molecular weight excluding hydrogens is 742 g/mol. The highest BCUT2D eigenvalue weighted by Gasteiger charge is 2.39. The van der Waals surface area contributed by atoms with Gasteiger partial charge in [0.2, 0.25) is 11.8 Å². The zero-order chi connectivity index (χ0) is 41.2. The van der Waals surface area contributed by atoms with Crippen molar-refractivity contribution in [1.82, 2.24) is 4.73 Å². The molecule has 2 heterocycles. The van der Waals surface area contributed by atoms with Gasteiger partial charge in [0.25, 0.3) is 0 Å². The average Bonchev–Trinajstić information content (AvgIpc) is 3.61. The third kappa shape index (κ3) is 10.6. The van der Waals surface area contributed by atoms with Crippen LogP contribution in [-0.2, 0) is 25.2 Å². The molecule has 0 unspecified atom stereocenters. The normalized spacial score (nSPS) is 16.8. The number of fused-ring (bicyclic) bond motifs is 1. The molecule has 5 rings (SSSR count). The first-order valence-electron chi connectivity index (χ1n) is 20.0. The summed E-state index contributed by atoms with van der Waals surface area (Å²) in [5.41, 5.74) is 6.30. The number of hydrogen-bond donors (Lipinski definition) is 4. The number of ketones is 1. The van der Waals surface area contributed by atoms with E-state index in [9.17, 15) is 24.6 Å². The second-order valence-corrected chi connectivity index (χ2v) is 16.2. The van der Waals surface area contributed by atoms with Gasteiger partial charge >= 0.3 is 11.9 Å². The molecule has 304 valence electrons. The van der Waals surface area contributed by atoms with Gasteiger partial charge in [-0.3, -0.25) is 9.59 Å². The topological polar surface area (TPSA) is 141 Å². The lowest BCUT2D eigenvalue weighted by molar-refractivity contribution is -0.145. The Bertz CT molecular complexity index is 2040. The molecule has 11 heteroatoms. The minimum Gasteiger partial charge on any atom is -0.492 e.